The molecule has 1 aliphatic carbocycles. The van der Waals surface area contributed by atoms with Gasteiger partial charge in [0.05, 0.1) is 17.5 Å². The van der Waals surface area contributed by atoms with Crippen molar-refractivity contribution in [2.45, 2.75) is 25.3 Å². The lowest BCUT2D eigenvalue weighted by atomic mass is 10.1. The van der Waals surface area contributed by atoms with Crippen LogP contribution in [0.1, 0.15) is 25.3 Å². The SMILES string of the molecule is O=C(O)CC(C1CC1)n1nnnc1-c1ccc(I)c(Cl)c1. The second kappa shape index (κ2) is 5.88. The van der Waals surface area contributed by atoms with Gasteiger partial charge in [0.2, 0.25) is 0 Å². The van der Waals surface area contributed by atoms with Crippen LogP contribution >= 0.6 is 34.2 Å². The molecule has 6 nitrogen and oxygen atoms in total. The maximum atomic E-state index is 11.1. The number of halogens is 2. The number of aliphatic carboxylic acids is 1. The van der Waals surface area contributed by atoms with Crippen LogP contribution in [-0.4, -0.2) is 31.3 Å². The molecule has 1 saturated carbocycles. The van der Waals surface area contributed by atoms with E-state index in [0.29, 0.717) is 16.8 Å². The van der Waals surface area contributed by atoms with E-state index < -0.39 is 5.97 Å². The Hall–Kier alpha value is -1.22. The zero-order chi connectivity index (χ0) is 15.0. The first-order valence-electron chi connectivity index (χ1n) is 6.51. The highest BCUT2D eigenvalue weighted by Crippen LogP contribution is 2.42. The van der Waals surface area contributed by atoms with Crippen LogP contribution in [0.3, 0.4) is 0 Å². The molecular formula is C13H12ClIN4O2. The third kappa shape index (κ3) is 3.18. The minimum atomic E-state index is -0.839. The number of hydrogen-bond acceptors (Lipinski definition) is 4. The molecule has 0 bridgehead atoms. The van der Waals surface area contributed by atoms with Crippen molar-refractivity contribution >= 4 is 40.2 Å². The standard InChI is InChI=1S/C13H12ClIN4O2/c14-9-5-8(3-4-10(9)15)13-16-17-18-19(13)11(6-12(20)21)7-1-2-7/h3-5,7,11H,1-2,6H2,(H,20,21). The topological polar surface area (TPSA) is 80.9 Å². The van der Waals surface area contributed by atoms with Gasteiger partial charge in [-0.1, -0.05) is 11.6 Å². The number of nitrogens with zero attached hydrogens (tertiary/aromatic N) is 4. The van der Waals surface area contributed by atoms with Crippen molar-refractivity contribution in [2.75, 3.05) is 0 Å². The Morgan fingerprint density at radius 2 is 2.29 bits per heavy atom. The van der Waals surface area contributed by atoms with Crippen molar-refractivity contribution < 1.29 is 9.90 Å². The molecule has 1 atom stereocenters. The maximum Gasteiger partial charge on any atom is 0.305 e. The summed E-state index contributed by atoms with van der Waals surface area (Å²) >= 11 is 8.29. The first-order chi connectivity index (χ1) is 10.1. The highest BCUT2D eigenvalue weighted by atomic mass is 127. The number of hydrogen-bond donors (Lipinski definition) is 1. The Bertz CT molecular complexity index is 687. The Balaban J connectivity index is 1.98. The molecular weight excluding hydrogens is 407 g/mol. The average Bonchev–Trinajstić information content (AvgIpc) is 3.16. The van der Waals surface area contributed by atoms with Crippen molar-refractivity contribution in [1.82, 2.24) is 20.2 Å². The summed E-state index contributed by atoms with van der Waals surface area (Å²) in [5.74, 6) is 0.0584. The fraction of sp³-hybridized carbons (Fsp3) is 0.385. The van der Waals surface area contributed by atoms with E-state index in [4.69, 9.17) is 16.7 Å². The van der Waals surface area contributed by atoms with Crippen LogP contribution in [-0.2, 0) is 4.79 Å². The van der Waals surface area contributed by atoms with Gasteiger partial charge >= 0.3 is 5.97 Å². The number of carboxylic acid groups (broad SMARTS) is 1. The van der Waals surface area contributed by atoms with E-state index >= 15 is 0 Å². The second-order valence-corrected chi connectivity index (χ2v) is 6.65. The molecule has 1 N–H and O–H groups in total. The van der Waals surface area contributed by atoms with Crippen molar-refractivity contribution in [2.24, 2.45) is 5.92 Å². The molecule has 8 heteroatoms. The van der Waals surface area contributed by atoms with Gasteiger partial charge in [-0.15, -0.1) is 5.10 Å². The molecule has 0 saturated heterocycles. The molecule has 21 heavy (non-hydrogen) atoms. The van der Waals surface area contributed by atoms with Crippen LogP contribution in [0.2, 0.25) is 5.02 Å². The first kappa shape index (κ1) is 14.7. The summed E-state index contributed by atoms with van der Waals surface area (Å²) in [6.07, 6.45) is 2.07. The zero-order valence-electron chi connectivity index (χ0n) is 10.9. The van der Waals surface area contributed by atoms with Gasteiger partial charge in [0.25, 0.3) is 0 Å². The Morgan fingerprint density at radius 1 is 1.52 bits per heavy atom. The van der Waals surface area contributed by atoms with E-state index in [1.807, 2.05) is 12.1 Å². The fourth-order valence-electron chi connectivity index (χ4n) is 2.35. The molecule has 0 spiro atoms. The van der Waals surface area contributed by atoms with Crippen LogP contribution in [0, 0.1) is 9.49 Å². The lowest BCUT2D eigenvalue weighted by Crippen LogP contribution is -2.18. The lowest BCUT2D eigenvalue weighted by molar-refractivity contribution is -0.138. The van der Waals surface area contributed by atoms with Crippen LogP contribution in [0.25, 0.3) is 11.4 Å². The maximum absolute atomic E-state index is 11.1. The Morgan fingerprint density at radius 3 is 2.90 bits per heavy atom. The third-order valence-electron chi connectivity index (χ3n) is 3.53. The molecule has 1 fully saturated rings. The van der Waals surface area contributed by atoms with Gasteiger partial charge in [0.1, 0.15) is 0 Å². The minimum Gasteiger partial charge on any atom is -0.481 e. The van der Waals surface area contributed by atoms with E-state index in [9.17, 15) is 4.79 Å². The van der Waals surface area contributed by atoms with Crippen LogP contribution in [0.5, 0.6) is 0 Å². The lowest BCUT2D eigenvalue weighted by Gasteiger charge is -2.15. The van der Waals surface area contributed by atoms with Crippen molar-refractivity contribution in [3.63, 3.8) is 0 Å². The van der Waals surface area contributed by atoms with Crippen molar-refractivity contribution in [3.8, 4) is 11.4 Å². The molecule has 0 radical (unpaired) electrons. The predicted octanol–water partition coefficient (Wildman–Crippen LogP) is 3.02. The highest BCUT2D eigenvalue weighted by Gasteiger charge is 2.36. The monoisotopic (exact) mass is 418 g/mol. The summed E-state index contributed by atoms with van der Waals surface area (Å²) in [7, 11) is 0. The average molecular weight is 419 g/mol. The molecule has 2 aromatic rings. The molecule has 0 amide bonds. The van der Waals surface area contributed by atoms with E-state index in [1.165, 1.54) is 0 Å². The Kier molecular flexibility index (Phi) is 4.12. The molecule has 1 aliphatic rings. The number of carboxylic acids is 1. The number of aromatic nitrogens is 4. The zero-order valence-corrected chi connectivity index (χ0v) is 13.8. The molecule has 0 aliphatic heterocycles. The quantitative estimate of drug-likeness (QED) is 0.755. The van der Waals surface area contributed by atoms with E-state index in [1.54, 1.807) is 10.7 Å². The summed E-state index contributed by atoms with van der Waals surface area (Å²) < 4.78 is 2.57. The number of carbonyl (C=O) groups is 1. The molecule has 1 unspecified atom stereocenters. The molecule has 1 aromatic carbocycles. The largest absolute Gasteiger partial charge is 0.481 e. The number of tetrazole rings is 1. The minimum absolute atomic E-state index is 0.0286. The molecule has 1 aromatic heterocycles. The number of benzene rings is 1. The molecule has 1 heterocycles. The van der Waals surface area contributed by atoms with E-state index in [2.05, 4.69) is 38.1 Å². The molecule has 3 rings (SSSR count). The highest BCUT2D eigenvalue weighted by molar-refractivity contribution is 14.1. The summed E-state index contributed by atoms with van der Waals surface area (Å²) in [5.41, 5.74) is 0.793. The van der Waals surface area contributed by atoms with Crippen molar-refractivity contribution in [3.05, 3.63) is 26.8 Å². The Labute approximate surface area is 139 Å². The summed E-state index contributed by atoms with van der Waals surface area (Å²) in [6.45, 7) is 0. The van der Waals surface area contributed by atoms with E-state index in [-0.39, 0.29) is 12.5 Å². The van der Waals surface area contributed by atoms with Crippen LogP contribution in [0.4, 0.5) is 0 Å². The summed E-state index contributed by atoms with van der Waals surface area (Å²) in [5, 5.41) is 21.5. The summed E-state index contributed by atoms with van der Waals surface area (Å²) in [4.78, 5) is 11.1. The van der Waals surface area contributed by atoms with Gasteiger partial charge in [-0.2, -0.15) is 0 Å². The first-order valence-corrected chi connectivity index (χ1v) is 7.97. The smallest absolute Gasteiger partial charge is 0.305 e. The second-order valence-electron chi connectivity index (χ2n) is 5.08. The van der Waals surface area contributed by atoms with Gasteiger partial charge in [-0.05, 0) is 70.0 Å². The van der Waals surface area contributed by atoms with Crippen LogP contribution < -0.4 is 0 Å². The van der Waals surface area contributed by atoms with Crippen molar-refractivity contribution in [1.29, 1.82) is 0 Å². The predicted molar refractivity (Wildman–Crippen MR) is 85.0 cm³/mol. The van der Waals surface area contributed by atoms with Gasteiger partial charge < -0.3 is 5.11 Å². The van der Waals surface area contributed by atoms with Crippen LogP contribution in [0.15, 0.2) is 18.2 Å². The molecule has 110 valence electrons. The van der Waals surface area contributed by atoms with Gasteiger partial charge in [0.15, 0.2) is 5.82 Å². The normalized spacial score (nSPS) is 15.9. The van der Waals surface area contributed by atoms with Gasteiger partial charge in [-0.3, -0.25) is 4.79 Å². The number of rotatable bonds is 5. The van der Waals surface area contributed by atoms with Gasteiger partial charge in [0, 0.05) is 9.13 Å². The van der Waals surface area contributed by atoms with Gasteiger partial charge in [-0.25, -0.2) is 4.68 Å². The summed E-state index contributed by atoms with van der Waals surface area (Å²) in [6, 6.07) is 5.38. The fourth-order valence-corrected chi connectivity index (χ4v) is 2.87. The van der Waals surface area contributed by atoms with E-state index in [0.717, 1.165) is 22.0 Å². The third-order valence-corrected chi connectivity index (χ3v) is 5.11.